The van der Waals surface area contributed by atoms with Crippen LogP contribution in [0.5, 0.6) is 5.75 Å². The van der Waals surface area contributed by atoms with Crippen LogP contribution >= 0.6 is 0 Å². The average Bonchev–Trinajstić information content (AvgIpc) is 2.38. The summed E-state index contributed by atoms with van der Waals surface area (Å²) in [4.78, 5) is 0. The molecule has 1 saturated heterocycles. The highest BCUT2D eigenvalue weighted by molar-refractivity contribution is 5.39. The molecular weight excluding hydrogens is 238 g/mol. The molecule has 19 heavy (non-hydrogen) atoms. The molecule has 1 aromatic rings. The maximum absolute atomic E-state index is 9.31. The van der Waals surface area contributed by atoms with Crippen molar-refractivity contribution in [1.29, 1.82) is 5.26 Å². The van der Waals surface area contributed by atoms with Crippen LogP contribution < -0.4 is 4.74 Å². The quantitative estimate of drug-likeness (QED) is 0.713. The summed E-state index contributed by atoms with van der Waals surface area (Å²) in [6, 6.07) is 10.3. The zero-order valence-corrected chi connectivity index (χ0v) is 11.6. The molecule has 1 fully saturated rings. The van der Waals surface area contributed by atoms with Crippen molar-refractivity contribution in [2.45, 2.75) is 50.9 Å². The highest BCUT2D eigenvalue weighted by atomic mass is 16.5. The summed E-state index contributed by atoms with van der Waals surface area (Å²) in [7, 11) is 0. The van der Waals surface area contributed by atoms with E-state index in [4.69, 9.17) is 9.47 Å². The van der Waals surface area contributed by atoms with Gasteiger partial charge in [-0.3, -0.25) is 0 Å². The predicted molar refractivity (Wildman–Crippen MR) is 71.7 cm³/mol. The van der Waals surface area contributed by atoms with Crippen LogP contribution in [0, 0.1) is 17.2 Å². The molecule has 2 heterocycles. The van der Waals surface area contributed by atoms with Crippen LogP contribution in [-0.4, -0.2) is 11.2 Å². The largest absolute Gasteiger partial charge is 0.487 e. The summed E-state index contributed by atoms with van der Waals surface area (Å²) in [6.45, 7) is 6.10. The number of hydrogen-bond donors (Lipinski definition) is 0. The summed E-state index contributed by atoms with van der Waals surface area (Å²) in [5, 5.41) is 9.31. The van der Waals surface area contributed by atoms with Gasteiger partial charge in [0.1, 0.15) is 11.4 Å². The Kier molecular flexibility index (Phi) is 2.62. The number of rotatable bonds is 0. The smallest absolute Gasteiger partial charge is 0.152 e. The Bertz CT molecular complexity index is 546. The van der Waals surface area contributed by atoms with Crippen molar-refractivity contribution in [1.82, 2.24) is 0 Å². The third kappa shape index (κ3) is 1.91. The van der Waals surface area contributed by atoms with Gasteiger partial charge in [-0.1, -0.05) is 18.2 Å². The predicted octanol–water partition coefficient (Wildman–Crippen LogP) is 3.61. The van der Waals surface area contributed by atoms with E-state index in [1.54, 1.807) is 0 Å². The number of ether oxygens (including phenoxy) is 2. The van der Waals surface area contributed by atoms with Gasteiger partial charge in [-0.2, -0.15) is 5.26 Å². The average molecular weight is 257 g/mol. The zero-order chi connectivity index (χ0) is 13.7. The monoisotopic (exact) mass is 257 g/mol. The molecule has 100 valence electrons. The van der Waals surface area contributed by atoms with Gasteiger partial charge in [0.2, 0.25) is 0 Å². The van der Waals surface area contributed by atoms with E-state index in [0.717, 1.165) is 24.2 Å². The van der Waals surface area contributed by atoms with Crippen molar-refractivity contribution < 1.29 is 9.47 Å². The Morgan fingerprint density at radius 3 is 2.74 bits per heavy atom. The topological polar surface area (TPSA) is 42.2 Å². The first kappa shape index (κ1) is 12.5. The summed E-state index contributed by atoms with van der Waals surface area (Å²) in [5.74, 6) is 1.18. The normalized spacial score (nSPS) is 35.5. The SMILES string of the molecule is CC1(C)Oc2ccccc2[C@H]2O[C@@](C)(C#N)CC[C@H]21. The number of nitriles is 1. The van der Waals surface area contributed by atoms with Crippen LogP contribution in [0.2, 0.25) is 0 Å². The molecule has 0 N–H and O–H groups in total. The summed E-state index contributed by atoms with van der Waals surface area (Å²) >= 11 is 0. The number of benzene rings is 1. The van der Waals surface area contributed by atoms with E-state index in [-0.39, 0.29) is 11.7 Å². The van der Waals surface area contributed by atoms with Gasteiger partial charge in [0.25, 0.3) is 0 Å². The van der Waals surface area contributed by atoms with Gasteiger partial charge in [0, 0.05) is 11.5 Å². The molecule has 0 radical (unpaired) electrons. The minimum absolute atomic E-state index is 0.0432. The lowest BCUT2D eigenvalue weighted by Crippen LogP contribution is -2.50. The van der Waals surface area contributed by atoms with E-state index in [1.807, 2.05) is 31.2 Å². The Hall–Kier alpha value is -1.53. The second-order valence-corrected chi connectivity index (χ2v) is 6.27. The van der Waals surface area contributed by atoms with E-state index >= 15 is 0 Å². The van der Waals surface area contributed by atoms with Crippen LogP contribution in [0.3, 0.4) is 0 Å². The standard InChI is InChI=1S/C16H19NO2/c1-15(2)12-8-9-16(3,10-17)19-14(12)11-6-4-5-7-13(11)18-15/h4-7,12,14H,8-9H2,1-3H3/t12-,14-,16-/m1/s1. The second-order valence-electron chi connectivity index (χ2n) is 6.27. The van der Waals surface area contributed by atoms with Gasteiger partial charge in [-0.15, -0.1) is 0 Å². The van der Waals surface area contributed by atoms with Crippen LogP contribution in [0.15, 0.2) is 24.3 Å². The zero-order valence-electron chi connectivity index (χ0n) is 11.6. The summed E-state index contributed by atoms with van der Waals surface area (Å²) in [5.41, 5.74) is 0.144. The number of hydrogen-bond acceptors (Lipinski definition) is 3. The van der Waals surface area contributed by atoms with Gasteiger partial charge in [0.05, 0.1) is 12.2 Å². The van der Waals surface area contributed by atoms with Crippen molar-refractivity contribution in [3.8, 4) is 11.8 Å². The van der Waals surface area contributed by atoms with E-state index in [1.165, 1.54) is 0 Å². The molecule has 0 spiro atoms. The van der Waals surface area contributed by atoms with Gasteiger partial charge >= 0.3 is 0 Å². The molecule has 0 amide bonds. The van der Waals surface area contributed by atoms with Crippen molar-refractivity contribution in [2.75, 3.05) is 0 Å². The molecule has 3 atom stereocenters. The first-order chi connectivity index (χ1) is 8.95. The molecule has 0 unspecified atom stereocenters. The van der Waals surface area contributed by atoms with E-state index in [2.05, 4.69) is 19.9 Å². The van der Waals surface area contributed by atoms with Crippen molar-refractivity contribution in [2.24, 2.45) is 5.92 Å². The minimum atomic E-state index is -0.679. The molecule has 0 aliphatic carbocycles. The Balaban J connectivity index is 2.06. The molecule has 0 aromatic heterocycles. The molecule has 2 aliphatic rings. The maximum Gasteiger partial charge on any atom is 0.152 e. The van der Waals surface area contributed by atoms with Gasteiger partial charge in [-0.25, -0.2) is 0 Å². The maximum atomic E-state index is 9.31. The molecule has 3 rings (SSSR count). The van der Waals surface area contributed by atoms with Crippen LogP contribution in [-0.2, 0) is 4.74 Å². The molecule has 0 saturated carbocycles. The lowest BCUT2D eigenvalue weighted by molar-refractivity contribution is -0.169. The number of nitrogens with zero attached hydrogens (tertiary/aromatic N) is 1. The summed E-state index contributed by atoms with van der Waals surface area (Å²) in [6.07, 6.45) is 1.67. The highest BCUT2D eigenvalue weighted by Gasteiger charge is 2.50. The molecule has 3 heteroatoms. The first-order valence-corrected chi connectivity index (χ1v) is 6.82. The van der Waals surface area contributed by atoms with Crippen LogP contribution in [0.25, 0.3) is 0 Å². The fourth-order valence-corrected chi connectivity index (χ4v) is 3.25. The van der Waals surface area contributed by atoms with Crippen LogP contribution in [0.4, 0.5) is 0 Å². The third-order valence-electron chi connectivity index (χ3n) is 4.41. The van der Waals surface area contributed by atoms with Gasteiger partial charge in [-0.05, 0) is 39.7 Å². The fourth-order valence-electron chi connectivity index (χ4n) is 3.25. The first-order valence-electron chi connectivity index (χ1n) is 6.82. The Morgan fingerprint density at radius 2 is 2.00 bits per heavy atom. The van der Waals surface area contributed by atoms with E-state index in [0.29, 0.717) is 5.92 Å². The number of fused-ring (bicyclic) bond motifs is 3. The van der Waals surface area contributed by atoms with Crippen molar-refractivity contribution in [3.05, 3.63) is 29.8 Å². The highest BCUT2D eigenvalue weighted by Crippen LogP contribution is 2.52. The molecule has 3 nitrogen and oxygen atoms in total. The summed E-state index contributed by atoms with van der Waals surface area (Å²) < 4.78 is 12.3. The fraction of sp³-hybridized carbons (Fsp3) is 0.562. The minimum Gasteiger partial charge on any atom is -0.487 e. The van der Waals surface area contributed by atoms with E-state index in [9.17, 15) is 5.26 Å². The van der Waals surface area contributed by atoms with E-state index < -0.39 is 5.60 Å². The number of para-hydroxylation sites is 1. The van der Waals surface area contributed by atoms with Gasteiger partial charge < -0.3 is 9.47 Å². The van der Waals surface area contributed by atoms with Crippen LogP contribution in [0.1, 0.15) is 45.3 Å². The van der Waals surface area contributed by atoms with Gasteiger partial charge in [0.15, 0.2) is 5.60 Å². The van der Waals surface area contributed by atoms with Crippen molar-refractivity contribution >= 4 is 0 Å². The Morgan fingerprint density at radius 1 is 1.26 bits per heavy atom. The lowest BCUT2D eigenvalue weighted by atomic mass is 9.73. The molecule has 1 aromatic carbocycles. The molecule has 0 bridgehead atoms. The lowest BCUT2D eigenvalue weighted by Gasteiger charge is -2.49. The molecular formula is C16H19NO2. The Labute approximate surface area is 114 Å². The second kappa shape index (κ2) is 3.98. The van der Waals surface area contributed by atoms with Crippen molar-refractivity contribution in [3.63, 3.8) is 0 Å². The third-order valence-corrected chi connectivity index (χ3v) is 4.41. The molecule has 2 aliphatic heterocycles.